The number of carboxylic acid groups (broad SMARTS) is 1. The molecular formula is C19H26N2O5. The Morgan fingerprint density at radius 3 is 2.96 bits per heavy atom. The molecule has 2 saturated heterocycles. The first-order valence-electron chi connectivity index (χ1n) is 9.14. The first kappa shape index (κ1) is 18.5. The van der Waals surface area contributed by atoms with E-state index >= 15 is 0 Å². The van der Waals surface area contributed by atoms with E-state index in [4.69, 9.17) is 9.47 Å². The predicted octanol–water partition coefficient (Wildman–Crippen LogP) is 2.82. The van der Waals surface area contributed by atoms with E-state index < -0.39 is 11.9 Å². The summed E-state index contributed by atoms with van der Waals surface area (Å²) in [5.41, 5.74) is 0.630. The van der Waals surface area contributed by atoms with Gasteiger partial charge in [0.15, 0.2) is 0 Å². The van der Waals surface area contributed by atoms with Crippen LogP contribution in [0.5, 0.6) is 5.75 Å². The topological polar surface area (TPSA) is 88.1 Å². The van der Waals surface area contributed by atoms with Gasteiger partial charge in [0.2, 0.25) is 0 Å². The van der Waals surface area contributed by atoms with Gasteiger partial charge >= 0.3 is 12.0 Å². The molecule has 7 nitrogen and oxygen atoms in total. The van der Waals surface area contributed by atoms with Gasteiger partial charge in [-0.05, 0) is 37.3 Å². The fraction of sp³-hybridized carbons (Fsp3) is 0.579. The fourth-order valence-corrected chi connectivity index (χ4v) is 3.53. The average Bonchev–Trinajstić information content (AvgIpc) is 3.13. The maximum absolute atomic E-state index is 12.5. The Balaban J connectivity index is 1.56. The largest absolute Gasteiger partial charge is 0.491 e. The zero-order valence-electron chi connectivity index (χ0n) is 15.0. The number of hydrogen-bond acceptors (Lipinski definition) is 4. The summed E-state index contributed by atoms with van der Waals surface area (Å²) in [6.45, 7) is 4.05. The highest BCUT2D eigenvalue weighted by Gasteiger charge is 2.31. The molecule has 2 amide bonds. The first-order valence-corrected chi connectivity index (χ1v) is 9.14. The van der Waals surface area contributed by atoms with Crippen molar-refractivity contribution in [3.63, 3.8) is 0 Å². The Morgan fingerprint density at radius 1 is 1.38 bits per heavy atom. The van der Waals surface area contributed by atoms with Gasteiger partial charge in [-0.25, -0.2) is 4.79 Å². The molecule has 0 spiro atoms. The van der Waals surface area contributed by atoms with E-state index in [1.54, 1.807) is 17.0 Å². The third-order valence-electron chi connectivity index (χ3n) is 4.84. The van der Waals surface area contributed by atoms with Crippen LogP contribution in [0.1, 0.15) is 26.2 Å². The van der Waals surface area contributed by atoms with Crippen LogP contribution < -0.4 is 10.1 Å². The molecule has 0 aliphatic carbocycles. The summed E-state index contributed by atoms with van der Waals surface area (Å²) < 4.78 is 11.3. The van der Waals surface area contributed by atoms with E-state index in [2.05, 4.69) is 5.32 Å². The van der Waals surface area contributed by atoms with E-state index in [0.29, 0.717) is 31.0 Å². The summed E-state index contributed by atoms with van der Waals surface area (Å²) in [6.07, 6.45) is 2.81. The van der Waals surface area contributed by atoms with Crippen LogP contribution >= 0.6 is 0 Å². The summed E-state index contributed by atoms with van der Waals surface area (Å²) in [7, 11) is 0. The zero-order chi connectivity index (χ0) is 18.5. The Bertz CT molecular complexity index is 645. The predicted molar refractivity (Wildman–Crippen MR) is 96.4 cm³/mol. The molecule has 0 bridgehead atoms. The van der Waals surface area contributed by atoms with Crippen LogP contribution in [0.2, 0.25) is 0 Å². The normalized spacial score (nSPS) is 25.7. The smallest absolute Gasteiger partial charge is 0.321 e. The van der Waals surface area contributed by atoms with E-state index in [-0.39, 0.29) is 24.6 Å². The van der Waals surface area contributed by atoms with Crippen LogP contribution in [0, 0.1) is 11.8 Å². The Hall–Kier alpha value is -2.28. The molecular weight excluding hydrogens is 336 g/mol. The lowest BCUT2D eigenvalue weighted by molar-refractivity contribution is -0.143. The maximum atomic E-state index is 12.5. The van der Waals surface area contributed by atoms with Crippen molar-refractivity contribution in [1.29, 1.82) is 0 Å². The molecule has 2 fully saturated rings. The quantitative estimate of drug-likeness (QED) is 0.841. The SMILES string of the molecule is CC1CC(C(=O)O)CN(C(=O)Nc2cccc(OCC3CCCO3)c2)C1. The van der Waals surface area contributed by atoms with E-state index in [9.17, 15) is 14.7 Å². The van der Waals surface area contributed by atoms with Gasteiger partial charge < -0.3 is 24.8 Å². The summed E-state index contributed by atoms with van der Waals surface area (Å²) >= 11 is 0. The number of aliphatic carboxylic acids is 1. The van der Waals surface area contributed by atoms with Crippen molar-refractivity contribution in [2.45, 2.75) is 32.3 Å². The molecule has 2 aliphatic rings. The third-order valence-corrected chi connectivity index (χ3v) is 4.84. The van der Waals surface area contributed by atoms with Crippen LogP contribution in [0.25, 0.3) is 0 Å². The van der Waals surface area contributed by atoms with Gasteiger partial charge in [-0.3, -0.25) is 4.79 Å². The van der Waals surface area contributed by atoms with E-state index in [1.807, 2.05) is 19.1 Å². The van der Waals surface area contributed by atoms with Crippen molar-refractivity contribution in [1.82, 2.24) is 4.90 Å². The van der Waals surface area contributed by atoms with Gasteiger partial charge in [-0.2, -0.15) is 0 Å². The van der Waals surface area contributed by atoms with Crippen LogP contribution in [-0.2, 0) is 9.53 Å². The molecule has 2 aliphatic heterocycles. The number of nitrogens with one attached hydrogen (secondary N) is 1. The third kappa shape index (κ3) is 4.88. The molecule has 3 rings (SSSR count). The minimum atomic E-state index is -0.848. The van der Waals surface area contributed by atoms with Crippen molar-refractivity contribution >= 4 is 17.7 Å². The van der Waals surface area contributed by atoms with Crippen molar-refractivity contribution in [2.24, 2.45) is 11.8 Å². The molecule has 2 heterocycles. The molecule has 1 aromatic rings. The van der Waals surface area contributed by atoms with Crippen molar-refractivity contribution in [3.8, 4) is 5.75 Å². The lowest BCUT2D eigenvalue weighted by Gasteiger charge is -2.34. The lowest BCUT2D eigenvalue weighted by Crippen LogP contribution is -2.47. The van der Waals surface area contributed by atoms with Gasteiger partial charge in [-0.1, -0.05) is 13.0 Å². The second-order valence-electron chi connectivity index (χ2n) is 7.19. The summed E-state index contributed by atoms with van der Waals surface area (Å²) in [5.74, 6) is -0.519. The molecule has 3 unspecified atom stereocenters. The summed E-state index contributed by atoms with van der Waals surface area (Å²) in [5, 5.41) is 12.1. The van der Waals surface area contributed by atoms with Gasteiger partial charge in [0.05, 0.1) is 12.0 Å². The second-order valence-corrected chi connectivity index (χ2v) is 7.19. The number of likely N-dealkylation sites (tertiary alicyclic amines) is 1. The Labute approximate surface area is 153 Å². The van der Waals surface area contributed by atoms with Crippen LogP contribution in [0.4, 0.5) is 10.5 Å². The molecule has 7 heteroatoms. The highest BCUT2D eigenvalue weighted by molar-refractivity contribution is 5.90. The summed E-state index contributed by atoms with van der Waals surface area (Å²) in [6, 6.07) is 6.94. The number of nitrogens with zero attached hydrogens (tertiary/aromatic N) is 1. The molecule has 3 atom stereocenters. The fourth-order valence-electron chi connectivity index (χ4n) is 3.53. The Kier molecular flexibility index (Phi) is 5.98. The number of carboxylic acids is 1. The minimum Gasteiger partial charge on any atom is -0.491 e. The van der Waals surface area contributed by atoms with Gasteiger partial charge in [0.25, 0.3) is 0 Å². The lowest BCUT2D eigenvalue weighted by atomic mass is 9.91. The van der Waals surface area contributed by atoms with Gasteiger partial charge in [-0.15, -0.1) is 0 Å². The number of piperidine rings is 1. The van der Waals surface area contributed by atoms with Crippen molar-refractivity contribution in [3.05, 3.63) is 24.3 Å². The number of hydrogen-bond donors (Lipinski definition) is 2. The monoisotopic (exact) mass is 362 g/mol. The molecule has 0 saturated carbocycles. The number of benzene rings is 1. The average molecular weight is 362 g/mol. The highest BCUT2D eigenvalue weighted by atomic mass is 16.5. The molecule has 0 aromatic heterocycles. The minimum absolute atomic E-state index is 0.135. The van der Waals surface area contributed by atoms with E-state index in [1.165, 1.54) is 0 Å². The van der Waals surface area contributed by atoms with Crippen LogP contribution in [0.3, 0.4) is 0 Å². The maximum Gasteiger partial charge on any atom is 0.321 e. The van der Waals surface area contributed by atoms with Crippen molar-refractivity contribution < 1.29 is 24.2 Å². The van der Waals surface area contributed by atoms with Crippen LogP contribution in [-0.4, -0.2) is 54.4 Å². The molecule has 26 heavy (non-hydrogen) atoms. The molecule has 142 valence electrons. The standard InChI is InChI=1S/C19H26N2O5/c1-13-8-14(18(22)23)11-21(10-13)19(24)20-15-4-2-5-16(9-15)26-12-17-6-3-7-25-17/h2,4-5,9,13-14,17H,3,6-8,10-12H2,1H3,(H,20,24)(H,22,23). The number of urea groups is 1. The zero-order valence-corrected chi connectivity index (χ0v) is 15.0. The number of carbonyl (C=O) groups is 2. The number of amides is 2. The summed E-state index contributed by atoms with van der Waals surface area (Å²) in [4.78, 5) is 25.4. The molecule has 1 aromatic carbocycles. The van der Waals surface area contributed by atoms with Crippen LogP contribution in [0.15, 0.2) is 24.3 Å². The van der Waals surface area contributed by atoms with E-state index in [0.717, 1.165) is 19.4 Å². The number of carbonyl (C=O) groups excluding carboxylic acids is 1. The number of rotatable bonds is 5. The Morgan fingerprint density at radius 2 is 2.23 bits per heavy atom. The van der Waals surface area contributed by atoms with Crippen molar-refractivity contribution in [2.75, 3.05) is 31.6 Å². The number of anilines is 1. The van der Waals surface area contributed by atoms with Gasteiger partial charge in [0.1, 0.15) is 12.4 Å². The molecule has 0 radical (unpaired) electrons. The highest BCUT2D eigenvalue weighted by Crippen LogP contribution is 2.24. The molecule has 2 N–H and O–H groups in total. The van der Waals surface area contributed by atoms with Gasteiger partial charge in [0, 0.05) is 31.5 Å². The first-order chi connectivity index (χ1) is 12.5. The second kappa shape index (κ2) is 8.40. The number of ether oxygens (including phenoxy) is 2.